The number of aryl methyl sites for hydroxylation is 1. The van der Waals surface area contributed by atoms with E-state index in [1.165, 1.54) is 6.07 Å². The summed E-state index contributed by atoms with van der Waals surface area (Å²) >= 11 is 3.04. The van der Waals surface area contributed by atoms with E-state index in [0.29, 0.717) is 0 Å². The summed E-state index contributed by atoms with van der Waals surface area (Å²) in [4.78, 5) is 23.2. The summed E-state index contributed by atoms with van der Waals surface area (Å²) in [6.45, 7) is 2.02. The normalized spacial score (nSPS) is 10.2. The second-order valence-electron chi connectivity index (χ2n) is 3.94. The first-order chi connectivity index (χ1) is 9.11. The number of benzene rings is 1. The first-order valence-corrected chi connectivity index (χ1v) is 6.58. The average molecular weight is 322 g/mol. The summed E-state index contributed by atoms with van der Waals surface area (Å²) < 4.78 is 4.97. The fourth-order valence-corrected chi connectivity index (χ4v) is 2.01. The Bertz CT molecular complexity index is 664. The summed E-state index contributed by atoms with van der Waals surface area (Å²) in [5.74, 6) is -0.314. The maximum atomic E-state index is 12.1. The van der Waals surface area contributed by atoms with Gasteiger partial charge in [0.25, 0.3) is 5.91 Å². The quantitative estimate of drug-likeness (QED) is 0.944. The van der Waals surface area contributed by atoms with Crippen molar-refractivity contribution in [1.82, 2.24) is 0 Å². The van der Waals surface area contributed by atoms with E-state index >= 15 is 0 Å². The average Bonchev–Trinajstić information content (AvgIpc) is 2.42. The molecule has 1 aromatic carbocycles. The Labute approximate surface area is 118 Å². The lowest BCUT2D eigenvalue weighted by Crippen LogP contribution is -2.14. The van der Waals surface area contributed by atoms with E-state index in [4.69, 9.17) is 4.42 Å². The van der Waals surface area contributed by atoms with Crippen LogP contribution in [-0.2, 0) is 6.42 Å². The van der Waals surface area contributed by atoms with Gasteiger partial charge in [0.15, 0.2) is 0 Å². The number of amides is 1. The summed E-state index contributed by atoms with van der Waals surface area (Å²) in [6.07, 6.45) is 1.97. The van der Waals surface area contributed by atoms with Crippen LogP contribution in [0.2, 0.25) is 0 Å². The number of anilines is 1. The van der Waals surface area contributed by atoms with Crippen molar-refractivity contribution in [2.45, 2.75) is 13.3 Å². The molecule has 1 amide bonds. The van der Waals surface area contributed by atoms with Crippen LogP contribution in [-0.4, -0.2) is 5.91 Å². The number of carbonyl (C=O) groups is 1. The number of halogens is 1. The highest BCUT2D eigenvalue weighted by Gasteiger charge is 2.11. The summed E-state index contributed by atoms with van der Waals surface area (Å²) in [5.41, 5.74) is 1.59. The molecule has 0 aliphatic rings. The Morgan fingerprint density at radius 3 is 2.79 bits per heavy atom. The molecular formula is C14H12BrNO3. The van der Waals surface area contributed by atoms with Crippen LogP contribution in [0, 0.1) is 0 Å². The Hall–Kier alpha value is -1.88. The lowest BCUT2D eigenvalue weighted by molar-refractivity contribution is 0.102. The van der Waals surface area contributed by atoms with Gasteiger partial charge in [-0.05, 0) is 40.0 Å². The SMILES string of the molecule is CCc1ccccc1NC(=O)c1coc(=O)c(Br)c1. The zero-order chi connectivity index (χ0) is 13.8. The number of carbonyl (C=O) groups excluding carboxylic acids is 1. The van der Waals surface area contributed by atoms with Gasteiger partial charge in [-0.2, -0.15) is 0 Å². The van der Waals surface area contributed by atoms with Gasteiger partial charge >= 0.3 is 5.63 Å². The minimum atomic E-state index is -0.509. The zero-order valence-corrected chi connectivity index (χ0v) is 11.9. The lowest BCUT2D eigenvalue weighted by Gasteiger charge is -2.09. The summed E-state index contributed by atoms with van der Waals surface area (Å²) in [6, 6.07) is 9.01. The lowest BCUT2D eigenvalue weighted by atomic mass is 10.1. The molecule has 0 aliphatic heterocycles. The van der Waals surface area contributed by atoms with Crippen molar-refractivity contribution in [3.63, 3.8) is 0 Å². The number of hydrogen-bond donors (Lipinski definition) is 1. The van der Waals surface area contributed by atoms with E-state index in [-0.39, 0.29) is 15.9 Å². The monoisotopic (exact) mass is 321 g/mol. The third-order valence-corrected chi connectivity index (χ3v) is 3.23. The highest BCUT2D eigenvalue weighted by molar-refractivity contribution is 9.10. The molecule has 0 spiro atoms. The van der Waals surface area contributed by atoms with E-state index in [2.05, 4.69) is 21.2 Å². The Balaban J connectivity index is 2.25. The Morgan fingerprint density at radius 1 is 1.37 bits per heavy atom. The van der Waals surface area contributed by atoms with Crippen LogP contribution in [0.1, 0.15) is 22.8 Å². The van der Waals surface area contributed by atoms with Crippen LogP contribution in [0.15, 0.2) is 50.3 Å². The maximum absolute atomic E-state index is 12.1. The molecular weight excluding hydrogens is 310 g/mol. The molecule has 0 radical (unpaired) electrons. The molecule has 1 N–H and O–H groups in total. The van der Waals surface area contributed by atoms with Crippen LogP contribution in [0.25, 0.3) is 0 Å². The molecule has 0 atom stereocenters. The maximum Gasteiger partial charge on any atom is 0.350 e. The molecule has 5 heteroatoms. The molecule has 0 saturated carbocycles. The van der Waals surface area contributed by atoms with Crippen molar-refractivity contribution in [2.75, 3.05) is 5.32 Å². The van der Waals surface area contributed by atoms with Gasteiger partial charge in [-0.3, -0.25) is 4.79 Å². The van der Waals surface area contributed by atoms with Gasteiger partial charge < -0.3 is 9.73 Å². The third kappa shape index (κ3) is 3.12. The van der Waals surface area contributed by atoms with Crippen molar-refractivity contribution in [2.24, 2.45) is 0 Å². The third-order valence-electron chi connectivity index (χ3n) is 2.68. The number of para-hydroxylation sites is 1. The minimum Gasteiger partial charge on any atom is -0.430 e. The van der Waals surface area contributed by atoms with Crippen LogP contribution >= 0.6 is 15.9 Å². The van der Waals surface area contributed by atoms with E-state index in [9.17, 15) is 9.59 Å². The van der Waals surface area contributed by atoms with E-state index in [1.54, 1.807) is 0 Å². The molecule has 2 rings (SSSR count). The van der Waals surface area contributed by atoms with Gasteiger partial charge in [-0.25, -0.2) is 4.79 Å². The van der Waals surface area contributed by atoms with Gasteiger partial charge in [0.2, 0.25) is 0 Å². The largest absolute Gasteiger partial charge is 0.430 e. The second-order valence-corrected chi connectivity index (χ2v) is 4.79. The van der Waals surface area contributed by atoms with Gasteiger partial charge in [0, 0.05) is 5.69 Å². The van der Waals surface area contributed by atoms with Crippen LogP contribution in [0.5, 0.6) is 0 Å². The molecule has 4 nitrogen and oxygen atoms in total. The van der Waals surface area contributed by atoms with Gasteiger partial charge in [-0.15, -0.1) is 0 Å². The van der Waals surface area contributed by atoms with E-state index in [0.717, 1.165) is 23.9 Å². The van der Waals surface area contributed by atoms with Crippen LogP contribution in [0.3, 0.4) is 0 Å². The van der Waals surface area contributed by atoms with Gasteiger partial charge in [-0.1, -0.05) is 25.1 Å². The van der Waals surface area contributed by atoms with Gasteiger partial charge in [0.05, 0.1) is 5.56 Å². The predicted octanol–water partition coefficient (Wildman–Crippen LogP) is 3.22. The summed E-state index contributed by atoms with van der Waals surface area (Å²) in [5, 5.41) is 2.80. The van der Waals surface area contributed by atoms with E-state index in [1.807, 2.05) is 31.2 Å². The number of nitrogens with one attached hydrogen (secondary N) is 1. The number of rotatable bonds is 3. The Morgan fingerprint density at radius 2 is 2.11 bits per heavy atom. The standard InChI is InChI=1S/C14H12BrNO3/c1-2-9-5-3-4-6-12(9)16-13(17)10-7-11(15)14(18)19-8-10/h3-8H,2H2,1H3,(H,16,17). The van der Waals surface area contributed by atoms with E-state index < -0.39 is 5.63 Å². The molecule has 0 fully saturated rings. The zero-order valence-electron chi connectivity index (χ0n) is 10.3. The van der Waals surface area contributed by atoms with Crippen LogP contribution < -0.4 is 10.9 Å². The fourth-order valence-electron chi connectivity index (χ4n) is 1.67. The molecule has 1 aromatic heterocycles. The topological polar surface area (TPSA) is 59.3 Å². The molecule has 0 unspecified atom stereocenters. The second kappa shape index (κ2) is 5.84. The molecule has 1 heterocycles. The summed E-state index contributed by atoms with van der Waals surface area (Å²) in [7, 11) is 0. The predicted molar refractivity (Wildman–Crippen MR) is 76.5 cm³/mol. The highest BCUT2D eigenvalue weighted by atomic mass is 79.9. The molecule has 0 aliphatic carbocycles. The first kappa shape index (κ1) is 13.5. The van der Waals surface area contributed by atoms with Crippen molar-refractivity contribution in [1.29, 1.82) is 0 Å². The molecule has 2 aromatic rings. The van der Waals surface area contributed by atoms with Crippen molar-refractivity contribution < 1.29 is 9.21 Å². The highest BCUT2D eigenvalue weighted by Crippen LogP contribution is 2.17. The van der Waals surface area contributed by atoms with Crippen molar-refractivity contribution in [3.05, 3.63) is 62.6 Å². The Kier molecular flexibility index (Phi) is 4.16. The fraction of sp³-hybridized carbons (Fsp3) is 0.143. The first-order valence-electron chi connectivity index (χ1n) is 5.79. The minimum absolute atomic E-state index is 0.226. The molecule has 19 heavy (non-hydrogen) atoms. The van der Waals surface area contributed by atoms with Crippen LogP contribution in [0.4, 0.5) is 5.69 Å². The smallest absolute Gasteiger partial charge is 0.350 e. The molecule has 0 bridgehead atoms. The van der Waals surface area contributed by atoms with Crippen molar-refractivity contribution >= 4 is 27.5 Å². The van der Waals surface area contributed by atoms with Crippen molar-refractivity contribution in [3.8, 4) is 0 Å². The molecule has 98 valence electrons. The molecule has 0 saturated heterocycles. The van der Waals surface area contributed by atoms with Gasteiger partial charge in [0.1, 0.15) is 10.7 Å². The number of hydrogen-bond acceptors (Lipinski definition) is 3.